The van der Waals surface area contributed by atoms with Crippen molar-refractivity contribution in [3.63, 3.8) is 0 Å². The SMILES string of the molecule is O=C(CNC(=O)C(=Cc1ccc(Br)cc1)NC(=O)c1ccc(Br)o1)OCc1ccccc1. The molecule has 3 rings (SSSR count). The molecule has 7 nitrogen and oxygen atoms in total. The molecule has 1 aromatic heterocycles. The van der Waals surface area contributed by atoms with E-state index in [0.29, 0.717) is 10.2 Å². The number of hydrogen-bond donors (Lipinski definition) is 2. The van der Waals surface area contributed by atoms with Crippen molar-refractivity contribution in [2.45, 2.75) is 6.61 Å². The lowest BCUT2D eigenvalue weighted by molar-refractivity contribution is -0.144. The molecule has 9 heteroatoms. The topological polar surface area (TPSA) is 97.6 Å². The molecular formula is C23H18Br2N2O5. The van der Waals surface area contributed by atoms with Gasteiger partial charge >= 0.3 is 5.97 Å². The number of ether oxygens (including phenoxy) is 1. The van der Waals surface area contributed by atoms with Crippen molar-refractivity contribution in [3.8, 4) is 0 Å². The molecule has 0 aliphatic heterocycles. The second-order valence-corrected chi connectivity index (χ2v) is 8.19. The Kier molecular flexibility index (Phi) is 8.41. The van der Waals surface area contributed by atoms with E-state index in [2.05, 4.69) is 42.5 Å². The molecule has 0 fully saturated rings. The van der Waals surface area contributed by atoms with Crippen LogP contribution in [0.2, 0.25) is 0 Å². The van der Waals surface area contributed by atoms with Crippen molar-refractivity contribution < 1.29 is 23.5 Å². The summed E-state index contributed by atoms with van der Waals surface area (Å²) in [6.45, 7) is -0.257. The zero-order chi connectivity index (χ0) is 22.9. The highest BCUT2D eigenvalue weighted by Gasteiger charge is 2.18. The molecule has 164 valence electrons. The molecule has 1 heterocycles. The molecule has 2 N–H and O–H groups in total. The predicted molar refractivity (Wildman–Crippen MR) is 125 cm³/mol. The van der Waals surface area contributed by atoms with Crippen LogP contribution in [0, 0.1) is 0 Å². The van der Waals surface area contributed by atoms with E-state index >= 15 is 0 Å². The second kappa shape index (κ2) is 11.4. The number of hydrogen-bond acceptors (Lipinski definition) is 5. The largest absolute Gasteiger partial charge is 0.460 e. The van der Waals surface area contributed by atoms with Gasteiger partial charge in [-0.1, -0.05) is 58.4 Å². The maximum atomic E-state index is 12.7. The van der Waals surface area contributed by atoms with E-state index in [4.69, 9.17) is 9.15 Å². The number of benzene rings is 2. The molecule has 0 saturated heterocycles. The third kappa shape index (κ3) is 7.21. The van der Waals surface area contributed by atoms with Gasteiger partial charge < -0.3 is 19.8 Å². The Balaban J connectivity index is 1.66. The monoisotopic (exact) mass is 560 g/mol. The lowest BCUT2D eigenvalue weighted by Crippen LogP contribution is -2.37. The van der Waals surface area contributed by atoms with Crippen molar-refractivity contribution in [2.24, 2.45) is 0 Å². The van der Waals surface area contributed by atoms with Crippen molar-refractivity contribution in [2.75, 3.05) is 6.54 Å². The molecule has 2 aromatic carbocycles. The van der Waals surface area contributed by atoms with E-state index in [9.17, 15) is 14.4 Å². The van der Waals surface area contributed by atoms with E-state index < -0.39 is 17.8 Å². The fraction of sp³-hybridized carbons (Fsp3) is 0.0870. The van der Waals surface area contributed by atoms with Crippen LogP contribution in [0.25, 0.3) is 6.08 Å². The third-order valence-corrected chi connectivity index (χ3v) is 5.06. The average molecular weight is 562 g/mol. The zero-order valence-corrected chi connectivity index (χ0v) is 19.8. The quantitative estimate of drug-likeness (QED) is 0.313. The fourth-order valence-corrected chi connectivity index (χ4v) is 3.11. The normalized spacial score (nSPS) is 11.0. The minimum Gasteiger partial charge on any atom is -0.460 e. The molecule has 0 aliphatic carbocycles. The van der Waals surface area contributed by atoms with Crippen LogP contribution in [0.15, 0.2) is 86.0 Å². The van der Waals surface area contributed by atoms with Gasteiger partial charge in [0.25, 0.3) is 11.8 Å². The number of nitrogens with one attached hydrogen (secondary N) is 2. The second-order valence-electron chi connectivity index (χ2n) is 6.50. The van der Waals surface area contributed by atoms with Crippen molar-refractivity contribution in [3.05, 3.63) is 98.5 Å². The summed E-state index contributed by atoms with van der Waals surface area (Å²) in [5.74, 6) is -1.84. The Morgan fingerprint density at radius 2 is 1.66 bits per heavy atom. The van der Waals surface area contributed by atoms with Gasteiger partial charge in [0.05, 0.1) is 0 Å². The van der Waals surface area contributed by atoms with Crippen molar-refractivity contribution in [1.29, 1.82) is 0 Å². The van der Waals surface area contributed by atoms with Gasteiger partial charge in [-0.2, -0.15) is 0 Å². The Morgan fingerprint density at radius 1 is 0.938 bits per heavy atom. The van der Waals surface area contributed by atoms with E-state index in [1.165, 1.54) is 12.1 Å². The van der Waals surface area contributed by atoms with Crippen LogP contribution in [0.5, 0.6) is 0 Å². The highest BCUT2D eigenvalue weighted by atomic mass is 79.9. The smallest absolute Gasteiger partial charge is 0.325 e. The van der Waals surface area contributed by atoms with Gasteiger partial charge in [0.1, 0.15) is 18.8 Å². The molecule has 0 bridgehead atoms. The van der Waals surface area contributed by atoms with Gasteiger partial charge in [0.2, 0.25) is 0 Å². The number of rotatable bonds is 8. The lowest BCUT2D eigenvalue weighted by atomic mass is 10.2. The Hall–Kier alpha value is -3.17. The summed E-state index contributed by atoms with van der Waals surface area (Å²) >= 11 is 6.48. The maximum Gasteiger partial charge on any atom is 0.325 e. The van der Waals surface area contributed by atoms with Gasteiger partial charge in [-0.05, 0) is 57.4 Å². The summed E-state index contributed by atoms with van der Waals surface area (Å²) in [7, 11) is 0. The molecule has 32 heavy (non-hydrogen) atoms. The predicted octanol–water partition coefficient (Wildman–Crippen LogP) is 4.44. The summed E-state index contributed by atoms with van der Waals surface area (Å²) in [6, 6.07) is 19.4. The van der Waals surface area contributed by atoms with Crippen LogP contribution in [0.3, 0.4) is 0 Å². The minimum atomic E-state index is -0.649. The summed E-state index contributed by atoms with van der Waals surface area (Å²) in [5.41, 5.74) is 1.45. The Morgan fingerprint density at radius 3 is 2.31 bits per heavy atom. The number of esters is 1. The molecular weight excluding hydrogens is 544 g/mol. The number of amides is 2. The van der Waals surface area contributed by atoms with Crippen LogP contribution < -0.4 is 10.6 Å². The van der Waals surface area contributed by atoms with Crippen LogP contribution in [0.4, 0.5) is 0 Å². The Bertz CT molecular complexity index is 1120. The van der Waals surface area contributed by atoms with E-state index in [0.717, 1.165) is 10.0 Å². The first kappa shape index (κ1) is 23.5. The summed E-state index contributed by atoms with van der Waals surface area (Å²) in [6.07, 6.45) is 1.49. The minimum absolute atomic E-state index is 0.0219. The first-order chi connectivity index (χ1) is 15.4. The maximum absolute atomic E-state index is 12.7. The van der Waals surface area contributed by atoms with Crippen LogP contribution in [-0.4, -0.2) is 24.3 Å². The first-order valence-electron chi connectivity index (χ1n) is 9.42. The molecule has 3 aromatic rings. The Labute approximate surface area is 201 Å². The van der Waals surface area contributed by atoms with Gasteiger partial charge in [-0.25, -0.2) is 0 Å². The fourth-order valence-electron chi connectivity index (χ4n) is 2.54. The molecule has 0 spiro atoms. The van der Waals surface area contributed by atoms with Crippen LogP contribution in [0.1, 0.15) is 21.7 Å². The number of carbonyl (C=O) groups excluding carboxylic acids is 3. The van der Waals surface area contributed by atoms with Crippen LogP contribution >= 0.6 is 31.9 Å². The summed E-state index contributed by atoms with van der Waals surface area (Å²) < 4.78 is 11.6. The molecule has 0 atom stereocenters. The standard InChI is InChI=1S/C23H18Br2N2O5/c24-17-8-6-15(7-9-17)12-18(27-23(30)19-10-11-20(25)32-19)22(29)26-13-21(28)31-14-16-4-2-1-3-5-16/h1-12H,13-14H2,(H,26,29)(H,27,30). The van der Waals surface area contributed by atoms with Gasteiger partial charge in [0, 0.05) is 4.47 Å². The van der Waals surface area contributed by atoms with E-state index in [-0.39, 0.29) is 24.6 Å². The van der Waals surface area contributed by atoms with Crippen LogP contribution in [-0.2, 0) is 20.9 Å². The third-order valence-electron chi connectivity index (χ3n) is 4.11. The first-order valence-corrected chi connectivity index (χ1v) is 11.0. The summed E-state index contributed by atoms with van der Waals surface area (Å²) in [4.78, 5) is 37.2. The van der Waals surface area contributed by atoms with Gasteiger partial charge in [0.15, 0.2) is 10.4 Å². The number of halogens is 2. The van der Waals surface area contributed by atoms with Crippen molar-refractivity contribution in [1.82, 2.24) is 10.6 Å². The summed E-state index contributed by atoms with van der Waals surface area (Å²) in [5, 5.41) is 4.99. The van der Waals surface area contributed by atoms with E-state index in [1.54, 1.807) is 30.3 Å². The zero-order valence-electron chi connectivity index (χ0n) is 16.6. The number of carbonyl (C=O) groups is 3. The lowest BCUT2D eigenvalue weighted by Gasteiger charge is -2.11. The highest BCUT2D eigenvalue weighted by Crippen LogP contribution is 2.16. The molecule has 0 radical (unpaired) electrons. The highest BCUT2D eigenvalue weighted by molar-refractivity contribution is 9.10. The molecule has 0 aliphatic rings. The average Bonchev–Trinajstić information content (AvgIpc) is 3.24. The van der Waals surface area contributed by atoms with Gasteiger partial charge in [-0.3, -0.25) is 14.4 Å². The molecule has 2 amide bonds. The molecule has 0 saturated carbocycles. The molecule has 0 unspecified atom stereocenters. The number of furan rings is 1. The van der Waals surface area contributed by atoms with E-state index in [1.807, 2.05) is 30.3 Å². The van der Waals surface area contributed by atoms with Crippen molar-refractivity contribution >= 4 is 55.7 Å². The van der Waals surface area contributed by atoms with Gasteiger partial charge in [-0.15, -0.1) is 0 Å².